The Hall–Kier alpha value is -3.27. The van der Waals surface area contributed by atoms with Crippen LogP contribution < -0.4 is 5.32 Å². The topological polar surface area (TPSA) is 79.2 Å². The Morgan fingerprint density at radius 1 is 1.24 bits per heavy atom. The minimum absolute atomic E-state index is 0.114. The maximum absolute atomic E-state index is 13.7. The molecule has 1 atom stereocenters. The predicted molar refractivity (Wildman–Crippen MR) is 84.4 cm³/mol. The van der Waals surface area contributed by atoms with E-state index in [1.165, 1.54) is 37.3 Å². The number of carbonyl (C=O) groups is 2. The Labute approximate surface area is 142 Å². The summed E-state index contributed by atoms with van der Waals surface area (Å²) in [7, 11) is 0. The van der Waals surface area contributed by atoms with Gasteiger partial charge in [0.2, 0.25) is 0 Å². The van der Waals surface area contributed by atoms with Gasteiger partial charge in [0, 0.05) is 11.6 Å². The van der Waals surface area contributed by atoms with Crippen molar-refractivity contribution in [3.8, 4) is 6.07 Å². The van der Waals surface area contributed by atoms with E-state index in [1.807, 2.05) is 6.07 Å². The molecule has 0 aliphatic rings. The van der Waals surface area contributed by atoms with Crippen LogP contribution in [0.3, 0.4) is 0 Å². The third-order valence-corrected chi connectivity index (χ3v) is 3.37. The van der Waals surface area contributed by atoms with Crippen molar-refractivity contribution in [3.05, 3.63) is 70.8 Å². The number of benzene rings is 2. The summed E-state index contributed by atoms with van der Waals surface area (Å²) >= 11 is 0. The smallest absolute Gasteiger partial charge is 0.338 e. The first-order chi connectivity index (χ1) is 11.9. The molecule has 5 nitrogen and oxygen atoms in total. The van der Waals surface area contributed by atoms with Crippen molar-refractivity contribution in [1.29, 1.82) is 5.26 Å². The van der Waals surface area contributed by atoms with E-state index >= 15 is 0 Å². The zero-order valence-corrected chi connectivity index (χ0v) is 13.3. The molecule has 0 heterocycles. The van der Waals surface area contributed by atoms with Crippen molar-refractivity contribution >= 4 is 11.9 Å². The van der Waals surface area contributed by atoms with Gasteiger partial charge in [0.15, 0.2) is 6.61 Å². The lowest BCUT2D eigenvalue weighted by Crippen LogP contribution is -2.31. The number of hydrogen-bond acceptors (Lipinski definition) is 4. The highest BCUT2D eigenvalue weighted by atomic mass is 19.1. The molecule has 25 heavy (non-hydrogen) atoms. The fraction of sp³-hybridized carbons (Fsp3) is 0.167. The van der Waals surface area contributed by atoms with E-state index in [1.54, 1.807) is 0 Å². The van der Waals surface area contributed by atoms with Gasteiger partial charge in [-0.1, -0.05) is 12.1 Å². The lowest BCUT2D eigenvalue weighted by Gasteiger charge is -2.15. The lowest BCUT2D eigenvalue weighted by atomic mass is 10.1. The second-order valence-electron chi connectivity index (χ2n) is 5.22. The van der Waals surface area contributed by atoms with Crippen LogP contribution in [-0.2, 0) is 9.53 Å². The van der Waals surface area contributed by atoms with Crippen molar-refractivity contribution in [2.45, 2.75) is 13.0 Å². The van der Waals surface area contributed by atoms with Gasteiger partial charge in [-0.25, -0.2) is 13.6 Å². The molecule has 0 aliphatic heterocycles. The molecule has 0 spiro atoms. The number of nitriles is 1. The van der Waals surface area contributed by atoms with E-state index in [0.29, 0.717) is 5.56 Å². The normalized spacial score (nSPS) is 11.3. The number of halogens is 2. The Balaban J connectivity index is 1.91. The second kappa shape index (κ2) is 8.02. The van der Waals surface area contributed by atoms with E-state index in [9.17, 15) is 18.4 Å². The maximum atomic E-state index is 13.7. The second-order valence-corrected chi connectivity index (χ2v) is 5.22. The summed E-state index contributed by atoms with van der Waals surface area (Å²) in [6, 6.07) is 10.1. The zero-order valence-electron chi connectivity index (χ0n) is 13.3. The highest BCUT2D eigenvalue weighted by Crippen LogP contribution is 2.17. The molecular weight excluding hydrogens is 330 g/mol. The highest BCUT2D eigenvalue weighted by molar-refractivity contribution is 5.91. The predicted octanol–water partition coefficient (Wildman–Crippen LogP) is 2.87. The SMILES string of the molecule is C[C@H](NC(=O)COC(=O)c1cccc(C#N)c1)c1ccc(F)cc1F. The molecule has 1 amide bonds. The molecular formula is C18H14F2N2O3. The first-order valence-corrected chi connectivity index (χ1v) is 7.32. The first kappa shape index (κ1) is 18.1. The van der Waals surface area contributed by atoms with Crippen LogP contribution in [-0.4, -0.2) is 18.5 Å². The number of ether oxygens (including phenoxy) is 1. The molecule has 128 valence electrons. The minimum Gasteiger partial charge on any atom is -0.452 e. The van der Waals surface area contributed by atoms with E-state index in [0.717, 1.165) is 12.1 Å². The van der Waals surface area contributed by atoms with Crippen LogP contribution in [0.5, 0.6) is 0 Å². The Kier molecular flexibility index (Phi) is 5.79. The Morgan fingerprint density at radius 2 is 2.00 bits per heavy atom. The average Bonchev–Trinajstić information content (AvgIpc) is 2.59. The summed E-state index contributed by atoms with van der Waals surface area (Å²) in [6.45, 7) is 0.954. The van der Waals surface area contributed by atoms with Crippen LogP contribution in [0.1, 0.15) is 34.5 Å². The van der Waals surface area contributed by atoms with Crippen LogP contribution in [0, 0.1) is 23.0 Å². The van der Waals surface area contributed by atoms with Gasteiger partial charge in [0.1, 0.15) is 11.6 Å². The van der Waals surface area contributed by atoms with Crippen molar-refractivity contribution < 1.29 is 23.1 Å². The third kappa shape index (κ3) is 4.85. The lowest BCUT2D eigenvalue weighted by molar-refractivity contribution is -0.124. The molecule has 0 fully saturated rings. The van der Waals surface area contributed by atoms with E-state index in [2.05, 4.69) is 5.32 Å². The molecule has 0 bridgehead atoms. The first-order valence-electron chi connectivity index (χ1n) is 7.32. The molecule has 2 aromatic carbocycles. The molecule has 0 aliphatic carbocycles. The molecule has 2 rings (SSSR count). The summed E-state index contributed by atoms with van der Waals surface area (Å²) in [5.41, 5.74) is 0.548. The van der Waals surface area contributed by atoms with Crippen LogP contribution >= 0.6 is 0 Å². The molecule has 0 saturated heterocycles. The number of esters is 1. The van der Waals surface area contributed by atoms with Gasteiger partial charge in [-0.2, -0.15) is 5.26 Å². The van der Waals surface area contributed by atoms with Gasteiger partial charge in [-0.3, -0.25) is 4.79 Å². The van der Waals surface area contributed by atoms with E-state index in [4.69, 9.17) is 10.00 Å². The van der Waals surface area contributed by atoms with Gasteiger partial charge in [0.25, 0.3) is 5.91 Å². The number of hydrogen-bond donors (Lipinski definition) is 1. The number of carbonyl (C=O) groups excluding carboxylic acids is 2. The van der Waals surface area contributed by atoms with E-state index < -0.39 is 36.2 Å². The van der Waals surface area contributed by atoms with Gasteiger partial charge >= 0.3 is 5.97 Å². The Bertz CT molecular complexity index is 846. The van der Waals surface area contributed by atoms with Gasteiger partial charge < -0.3 is 10.1 Å². The maximum Gasteiger partial charge on any atom is 0.338 e. The van der Waals surface area contributed by atoms with Crippen LogP contribution in [0.4, 0.5) is 8.78 Å². The molecule has 0 aromatic heterocycles. The van der Waals surface area contributed by atoms with Crippen LogP contribution in [0.25, 0.3) is 0 Å². The summed E-state index contributed by atoms with van der Waals surface area (Å²) in [4.78, 5) is 23.7. The van der Waals surface area contributed by atoms with Crippen LogP contribution in [0.2, 0.25) is 0 Å². The fourth-order valence-electron chi connectivity index (χ4n) is 2.14. The molecule has 0 saturated carbocycles. The van der Waals surface area contributed by atoms with Gasteiger partial charge in [0.05, 0.1) is 23.2 Å². The third-order valence-electron chi connectivity index (χ3n) is 3.37. The number of amides is 1. The standard InChI is InChI=1S/C18H14F2N2O3/c1-11(15-6-5-14(19)8-16(15)20)22-17(23)10-25-18(24)13-4-2-3-12(7-13)9-21/h2-8,11H,10H2,1H3,(H,22,23)/t11-/m0/s1. The number of nitrogens with one attached hydrogen (secondary N) is 1. The molecule has 2 aromatic rings. The number of nitrogens with zero attached hydrogens (tertiary/aromatic N) is 1. The van der Waals surface area contributed by atoms with Crippen molar-refractivity contribution in [3.63, 3.8) is 0 Å². The molecule has 0 radical (unpaired) electrons. The largest absolute Gasteiger partial charge is 0.452 e. The van der Waals surface area contributed by atoms with Gasteiger partial charge in [-0.05, 0) is 31.2 Å². The molecule has 7 heteroatoms. The monoisotopic (exact) mass is 344 g/mol. The zero-order chi connectivity index (χ0) is 18.4. The highest BCUT2D eigenvalue weighted by Gasteiger charge is 2.16. The summed E-state index contributed by atoms with van der Waals surface area (Å²) in [5, 5.41) is 11.2. The average molecular weight is 344 g/mol. The van der Waals surface area contributed by atoms with Crippen LogP contribution in [0.15, 0.2) is 42.5 Å². The summed E-state index contributed by atoms with van der Waals surface area (Å²) in [5.74, 6) is -2.89. The fourth-order valence-corrected chi connectivity index (χ4v) is 2.14. The molecule has 0 unspecified atom stereocenters. The van der Waals surface area contributed by atoms with Crippen molar-refractivity contribution in [2.24, 2.45) is 0 Å². The van der Waals surface area contributed by atoms with Crippen molar-refractivity contribution in [1.82, 2.24) is 5.32 Å². The van der Waals surface area contributed by atoms with E-state index in [-0.39, 0.29) is 11.1 Å². The quantitative estimate of drug-likeness (QED) is 0.846. The van der Waals surface area contributed by atoms with Gasteiger partial charge in [-0.15, -0.1) is 0 Å². The minimum atomic E-state index is -0.780. The summed E-state index contributed by atoms with van der Waals surface area (Å²) < 4.78 is 31.4. The number of rotatable bonds is 5. The Morgan fingerprint density at radius 3 is 2.68 bits per heavy atom. The summed E-state index contributed by atoms with van der Waals surface area (Å²) in [6.07, 6.45) is 0. The van der Waals surface area contributed by atoms with Crippen molar-refractivity contribution in [2.75, 3.05) is 6.61 Å². The molecule has 1 N–H and O–H groups in total.